The van der Waals surface area contributed by atoms with E-state index in [0.29, 0.717) is 17.1 Å². The third kappa shape index (κ3) is 4.74. The lowest BCUT2D eigenvalue weighted by molar-refractivity contribution is -0.114. The Labute approximate surface area is 156 Å². The molecule has 25 heavy (non-hydrogen) atoms. The molecule has 1 amide bonds. The van der Waals surface area contributed by atoms with Gasteiger partial charge in [0, 0.05) is 19.9 Å². The number of carbonyl (C=O) groups excluding carboxylic acids is 1. The van der Waals surface area contributed by atoms with Crippen LogP contribution in [0.1, 0.15) is 52.5 Å². The molecule has 1 saturated heterocycles. The maximum Gasteiger partial charge on any atom is 0.221 e. The average molecular weight is 362 g/mol. The number of hydrogen-bond donors (Lipinski definition) is 1. The van der Waals surface area contributed by atoms with Gasteiger partial charge in [-0.3, -0.25) is 9.69 Å². The first kappa shape index (κ1) is 19.8. The maximum absolute atomic E-state index is 11.3. The minimum Gasteiger partial charge on any atom is -0.325 e. The summed E-state index contributed by atoms with van der Waals surface area (Å²) in [6, 6.07) is 8.20. The van der Waals surface area contributed by atoms with Crippen molar-refractivity contribution >= 4 is 23.2 Å². The van der Waals surface area contributed by atoms with Crippen LogP contribution in [0.3, 0.4) is 0 Å². The Morgan fingerprint density at radius 3 is 2.52 bits per heavy atom. The predicted octanol–water partition coefficient (Wildman–Crippen LogP) is 4.84. The van der Waals surface area contributed by atoms with Crippen molar-refractivity contribution < 1.29 is 4.79 Å². The molecule has 0 aromatic heterocycles. The first-order valence-corrected chi connectivity index (χ1v) is 9.20. The van der Waals surface area contributed by atoms with Gasteiger partial charge < -0.3 is 5.32 Å². The molecule has 1 aliphatic rings. The summed E-state index contributed by atoms with van der Waals surface area (Å²) in [7, 11) is 0. The summed E-state index contributed by atoms with van der Waals surface area (Å²) in [5.74, 6) is -0.122. The van der Waals surface area contributed by atoms with E-state index in [0.717, 1.165) is 38.0 Å². The van der Waals surface area contributed by atoms with Crippen LogP contribution in [0.4, 0.5) is 5.69 Å². The molecule has 136 valence electrons. The molecule has 1 aliphatic heterocycles. The lowest BCUT2D eigenvalue weighted by Gasteiger charge is -2.49. The second kappa shape index (κ2) is 7.76. The SMILES string of the molecule is CC(=O)Nc1cc(CN2CCC(CC#N)(C(C)(C)C)CC2)ccc1Cl. The van der Waals surface area contributed by atoms with E-state index < -0.39 is 0 Å². The van der Waals surface area contributed by atoms with E-state index >= 15 is 0 Å². The topological polar surface area (TPSA) is 56.1 Å². The van der Waals surface area contributed by atoms with Gasteiger partial charge in [-0.15, -0.1) is 0 Å². The zero-order valence-corrected chi connectivity index (χ0v) is 16.4. The van der Waals surface area contributed by atoms with Crippen molar-refractivity contribution in [1.29, 1.82) is 5.26 Å². The van der Waals surface area contributed by atoms with Crippen molar-refractivity contribution in [1.82, 2.24) is 4.90 Å². The Bertz CT molecular complexity index is 664. The van der Waals surface area contributed by atoms with Crippen molar-refractivity contribution in [2.75, 3.05) is 18.4 Å². The maximum atomic E-state index is 11.3. The molecule has 0 radical (unpaired) electrons. The molecule has 0 unspecified atom stereocenters. The fourth-order valence-electron chi connectivity index (χ4n) is 3.70. The number of halogens is 1. The molecule has 0 bridgehead atoms. The normalized spacial score (nSPS) is 17.8. The monoisotopic (exact) mass is 361 g/mol. The molecule has 1 heterocycles. The van der Waals surface area contributed by atoms with E-state index in [1.54, 1.807) is 0 Å². The van der Waals surface area contributed by atoms with Gasteiger partial charge in [-0.05, 0) is 54.5 Å². The molecule has 0 saturated carbocycles. The van der Waals surface area contributed by atoms with Crippen molar-refractivity contribution in [3.8, 4) is 6.07 Å². The van der Waals surface area contributed by atoms with Gasteiger partial charge in [0.05, 0.1) is 16.8 Å². The summed E-state index contributed by atoms with van der Waals surface area (Å²) in [5, 5.41) is 12.6. The van der Waals surface area contributed by atoms with Gasteiger partial charge in [-0.25, -0.2) is 0 Å². The fourth-order valence-corrected chi connectivity index (χ4v) is 3.86. The van der Waals surface area contributed by atoms with Gasteiger partial charge in [0.15, 0.2) is 0 Å². The standard InChI is InChI=1S/C20H28ClN3O/c1-15(25)23-18-13-16(5-6-17(18)21)14-24-11-8-20(7-10-22,9-12-24)19(2,3)4/h5-6,13H,7-9,11-12,14H2,1-4H3,(H,23,25). The Kier molecular flexibility index (Phi) is 6.13. The van der Waals surface area contributed by atoms with Crippen molar-refractivity contribution in [3.05, 3.63) is 28.8 Å². The van der Waals surface area contributed by atoms with Crippen LogP contribution in [0.15, 0.2) is 18.2 Å². The molecule has 1 aromatic carbocycles. The number of amides is 1. The molecule has 0 atom stereocenters. The van der Waals surface area contributed by atoms with Crippen LogP contribution in [0.5, 0.6) is 0 Å². The largest absolute Gasteiger partial charge is 0.325 e. The summed E-state index contributed by atoms with van der Waals surface area (Å²) in [5.41, 5.74) is 2.03. The molecular weight excluding hydrogens is 334 g/mol. The van der Waals surface area contributed by atoms with E-state index in [1.165, 1.54) is 6.92 Å². The first-order chi connectivity index (χ1) is 11.7. The number of hydrogen-bond acceptors (Lipinski definition) is 3. The molecule has 4 nitrogen and oxygen atoms in total. The zero-order valence-electron chi connectivity index (χ0n) is 15.7. The third-order valence-corrected chi connectivity index (χ3v) is 5.90. The summed E-state index contributed by atoms with van der Waals surface area (Å²) in [6.07, 6.45) is 2.70. The molecule has 0 aliphatic carbocycles. The lowest BCUT2D eigenvalue weighted by atomic mass is 9.60. The van der Waals surface area contributed by atoms with Gasteiger partial charge >= 0.3 is 0 Å². The molecule has 1 fully saturated rings. The molecular formula is C20H28ClN3O. The number of piperidine rings is 1. The van der Waals surface area contributed by atoms with E-state index in [1.807, 2.05) is 18.2 Å². The Morgan fingerprint density at radius 2 is 2.00 bits per heavy atom. The van der Waals surface area contributed by atoms with Crippen molar-refractivity contribution in [2.24, 2.45) is 10.8 Å². The van der Waals surface area contributed by atoms with Crippen LogP contribution in [-0.2, 0) is 11.3 Å². The zero-order chi connectivity index (χ0) is 18.7. The summed E-state index contributed by atoms with van der Waals surface area (Å²) < 4.78 is 0. The van der Waals surface area contributed by atoms with Crippen LogP contribution < -0.4 is 5.32 Å². The number of anilines is 1. The van der Waals surface area contributed by atoms with Crippen molar-refractivity contribution in [3.63, 3.8) is 0 Å². The highest BCUT2D eigenvalue weighted by Gasteiger charge is 2.43. The molecule has 0 spiro atoms. The predicted molar refractivity (Wildman–Crippen MR) is 102 cm³/mol. The van der Waals surface area contributed by atoms with Gasteiger partial charge in [0.25, 0.3) is 0 Å². The van der Waals surface area contributed by atoms with Gasteiger partial charge in [0.2, 0.25) is 5.91 Å². The van der Waals surface area contributed by atoms with E-state index in [4.69, 9.17) is 11.6 Å². The smallest absolute Gasteiger partial charge is 0.221 e. The number of nitriles is 1. The Morgan fingerprint density at radius 1 is 1.36 bits per heavy atom. The Balaban J connectivity index is 2.05. The molecule has 5 heteroatoms. The second-order valence-corrected chi connectivity index (χ2v) is 8.54. The first-order valence-electron chi connectivity index (χ1n) is 8.82. The third-order valence-electron chi connectivity index (χ3n) is 5.57. The summed E-state index contributed by atoms with van der Waals surface area (Å²) in [4.78, 5) is 13.7. The van der Waals surface area contributed by atoms with Crippen molar-refractivity contribution in [2.45, 2.75) is 53.5 Å². The van der Waals surface area contributed by atoms with E-state index in [2.05, 4.69) is 37.1 Å². The number of likely N-dealkylation sites (tertiary alicyclic amines) is 1. The second-order valence-electron chi connectivity index (χ2n) is 8.14. The lowest BCUT2D eigenvalue weighted by Crippen LogP contribution is -2.46. The molecule has 1 aromatic rings. The summed E-state index contributed by atoms with van der Waals surface area (Å²) >= 11 is 6.15. The number of nitrogens with zero attached hydrogens (tertiary/aromatic N) is 2. The average Bonchev–Trinajstić information content (AvgIpc) is 2.51. The van der Waals surface area contributed by atoms with Crippen LogP contribution in [-0.4, -0.2) is 23.9 Å². The minimum absolute atomic E-state index is 0.0968. The van der Waals surface area contributed by atoms with E-state index in [-0.39, 0.29) is 16.7 Å². The number of benzene rings is 1. The quantitative estimate of drug-likeness (QED) is 0.834. The fraction of sp³-hybridized carbons (Fsp3) is 0.600. The minimum atomic E-state index is -0.122. The Hall–Kier alpha value is -1.57. The van der Waals surface area contributed by atoms with Gasteiger partial charge in [-0.2, -0.15) is 5.26 Å². The van der Waals surface area contributed by atoms with Crippen LogP contribution in [0.2, 0.25) is 5.02 Å². The number of carbonyl (C=O) groups is 1. The molecule has 2 rings (SSSR count). The van der Waals surface area contributed by atoms with E-state index in [9.17, 15) is 10.1 Å². The highest BCUT2D eigenvalue weighted by Crippen LogP contribution is 2.49. The molecule has 1 N–H and O–H groups in total. The highest BCUT2D eigenvalue weighted by atomic mass is 35.5. The number of rotatable bonds is 4. The number of nitrogens with one attached hydrogen (secondary N) is 1. The summed E-state index contributed by atoms with van der Waals surface area (Å²) in [6.45, 7) is 11.0. The van der Waals surface area contributed by atoms with Crippen LogP contribution in [0, 0.1) is 22.2 Å². The van der Waals surface area contributed by atoms with Gasteiger partial charge in [0.1, 0.15) is 0 Å². The van der Waals surface area contributed by atoms with Crippen LogP contribution in [0.25, 0.3) is 0 Å². The van der Waals surface area contributed by atoms with Crippen LogP contribution >= 0.6 is 11.6 Å². The van der Waals surface area contributed by atoms with Gasteiger partial charge in [-0.1, -0.05) is 38.4 Å². The highest BCUT2D eigenvalue weighted by molar-refractivity contribution is 6.33.